The molecule has 0 radical (unpaired) electrons. The summed E-state index contributed by atoms with van der Waals surface area (Å²) >= 11 is 2.85. The van der Waals surface area contributed by atoms with Crippen LogP contribution in [-0.4, -0.2) is 49.9 Å². The molecule has 7 heteroatoms. The summed E-state index contributed by atoms with van der Waals surface area (Å²) in [5, 5.41) is 0. The van der Waals surface area contributed by atoms with E-state index in [0.29, 0.717) is 13.1 Å². The van der Waals surface area contributed by atoms with Gasteiger partial charge in [0, 0.05) is 30.2 Å². The maximum absolute atomic E-state index is 12.8. The van der Waals surface area contributed by atoms with Crippen LogP contribution in [0.5, 0.6) is 0 Å². The van der Waals surface area contributed by atoms with Gasteiger partial charge in [-0.15, -0.1) is 0 Å². The number of carbonyl (C=O) groups is 1. The van der Waals surface area contributed by atoms with Gasteiger partial charge >= 0.3 is 6.18 Å². The van der Waals surface area contributed by atoms with E-state index in [4.69, 9.17) is 0 Å². The van der Waals surface area contributed by atoms with E-state index in [1.165, 1.54) is 17.0 Å². The fourth-order valence-electron chi connectivity index (χ4n) is 1.55. The minimum absolute atomic E-state index is 0.0294. The van der Waals surface area contributed by atoms with Crippen molar-refractivity contribution < 1.29 is 18.0 Å². The van der Waals surface area contributed by atoms with Gasteiger partial charge in [-0.1, -0.05) is 15.9 Å². The summed E-state index contributed by atoms with van der Waals surface area (Å²) in [7, 11) is 5.29. The lowest BCUT2D eigenvalue weighted by Gasteiger charge is -2.20. The summed E-state index contributed by atoms with van der Waals surface area (Å²) in [5.41, 5.74) is -0.814. The van der Waals surface area contributed by atoms with Crippen molar-refractivity contribution in [3.8, 4) is 0 Å². The van der Waals surface area contributed by atoms with Crippen LogP contribution in [0.3, 0.4) is 0 Å². The lowest BCUT2D eigenvalue weighted by molar-refractivity contribution is -0.138. The Labute approximate surface area is 124 Å². The molecule has 0 aromatic heterocycles. The number of alkyl halides is 3. The quantitative estimate of drug-likeness (QED) is 0.831. The van der Waals surface area contributed by atoms with E-state index in [0.717, 1.165) is 6.07 Å². The summed E-state index contributed by atoms with van der Waals surface area (Å²) < 4.78 is 38.3. The second-order valence-electron chi connectivity index (χ2n) is 4.72. The summed E-state index contributed by atoms with van der Waals surface area (Å²) in [5.74, 6) is -0.426. The van der Waals surface area contributed by atoms with Gasteiger partial charge in [0.05, 0.1) is 5.56 Å². The van der Waals surface area contributed by atoms with E-state index in [-0.39, 0.29) is 10.0 Å². The van der Waals surface area contributed by atoms with Crippen LogP contribution in [0.15, 0.2) is 22.7 Å². The van der Waals surface area contributed by atoms with Gasteiger partial charge in [0.1, 0.15) is 0 Å². The molecule has 0 saturated heterocycles. The van der Waals surface area contributed by atoms with Crippen LogP contribution in [0.25, 0.3) is 0 Å². The molecule has 1 aromatic carbocycles. The van der Waals surface area contributed by atoms with Gasteiger partial charge in [-0.2, -0.15) is 13.2 Å². The Kier molecular flexibility index (Phi) is 5.59. The van der Waals surface area contributed by atoms with Crippen LogP contribution in [0.4, 0.5) is 13.2 Å². The fraction of sp³-hybridized carbons (Fsp3) is 0.462. The normalized spacial score (nSPS) is 11.8. The van der Waals surface area contributed by atoms with Crippen LogP contribution in [-0.2, 0) is 6.18 Å². The lowest BCUT2D eigenvalue weighted by Crippen LogP contribution is -2.33. The van der Waals surface area contributed by atoms with Crippen LogP contribution in [0, 0.1) is 0 Å². The van der Waals surface area contributed by atoms with Crippen molar-refractivity contribution in [1.82, 2.24) is 9.80 Å². The molecule has 0 fully saturated rings. The third kappa shape index (κ3) is 4.49. The molecule has 1 amide bonds. The van der Waals surface area contributed by atoms with Gasteiger partial charge in [-0.05, 0) is 32.3 Å². The number of rotatable bonds is 4. The second-order valence-corrected chi connectivity index (χ2v) is 5.58. The van der Waals surface area contributed by atoms with E-state index >= 15 is 0 Å². The number of amides is 1. The zero-order valence-corrected chi connectivity index (χ0v) is 13.0. The fourth-order valence-corrected chi connectivity index (χ4v) is 2.02. The highest BCUT2D eigenvalue weighted by atomic mass is 79.9. The number of nitrogens with zero attached hydrogens (tertiary/aromatic N) is 2. The van der Waals surface area contributed by atoms with E-state index < -0.39 is 17.6 Å². The Bertz CT molecular complexity index is 489. The monoisotopic (exact) mass is 352 g/mol. The zero-order chi connectivity index (χ0) is 15.5. The molecule has 1 aromatic rings. The Morgan fingerprint density at radius 3 is 2.30 bits per heavy atom. The maximum Gasteiger partial charge on any atom is 0.417 e. The van der Waals surface area contributed by atoms with Crippen molar-refractivity contribution in [2.45, 2.75) is 6.18 Å². The highest BCUT2D eigenvalue weighted by Crippen LogP contribution is 2.35. The lowest BCUT2D eigenvalue weighted by atomic mass is 10.1. The highest BCUT2D eigenvalue weighted by Gasteiger charge is 2.33. The van der Waals surface area contributed by atoms with E-state index in [9.17, 15) is 18.0 Å². The molecule has 0 saturated carbocycles. The summed E-state index contributed by atoms with van der Waals surface area (Å²) in [4.78, 5) is 15.4. The third-order valence-corrected chi connectivity index (χ3v) is 3.44. The molecular formula is C13H16BrF3N2O. The molecule has 0 heterocycles. The number of benzene rings is 1. The first-order chi connectivity index (χ1) is 9.12. The first kappa shape index (κ1) is 17.0. The van der Waals surface area contributed by atoms with Gasteiger partial charge < -0.3 is 9.80 Å². The molecule has 20 heavy (non-hydrogen) atoms. The largest absolute Gasteiger partial charge is 0.417 e. The Morgan fingerprint density at radius 1 is 1.20 bits per heavy atom. The average Bonchev–Trinajstić information content (AvgIpc) is 2.34. The van der Waals surface area contributed by atoms with Gasteiger partial charge in [0.15, 0.2) is 0 Å². The molecule has 0 atom stereocenters. The predicted molar refractivity (Wildman–Crippen MR) is 74.7 cm³/mol. The van der Waals surface area contributed by atoms with E-state index in [1.807, 2.05) is 19.0 Å². The van der Waals surface area contributed by atoms with Gasteiger partial charge in [0.2, 0.25) is 0 Å². The highest BCUT2D eigenvalue weighted by molar-refractivity contribution is 9.10. The van der Waals surface area contributed by atoms with Crippen molar-refractivity contribution in [2.24, 2.45) is 0 Å². The van der Waals surface area contributed by atoms with Crippen LogP contribution in [0.1, 0.15) is 15.9 Å². The first-order valence-corrected chi connectivity index (χ1v) is 6.69. The van der Waals surface area contributed by atoms with Crippen molar-refractivity contribution in [2.75, 3.05) is 34.2 Å². The molecule has 112 valence electrons. The minimum Gasteiger partial charge on any atom is -0.340 e. The van der Waals surface area contributed by atoms with Crippen molar-refractivity contribution in [3.05, 3.63) is 33.8 Å². The second kappa shape index (κ2) is 6.58. The summed E-state index contributed by atoms with van der Waals surface area (Å²) in [6, 6.07) is 3.50. The predicted octanol–water partition coefficient (Wildman–Crippen LogP) is 3.10. The van der Waals surface area contributed by atoms with Crippen LogP contribution >= 0.6 is 15.9 Å². The Balaban J connectivity index is 2.94. The summed E-state index contributed by atoms with van der Waals surface area (Å²) in [6.07, 6.45) is -4.49. The van der Waals surface area contributed by atoms with Crippen molar-refractivity contribution >= 4 is 21.8 Å². The molecule has 0 aliphatic rings. The molecule has 0 bridgehead atoms. The van der Waals surface area contributed by atoms with Crippen LogP contribution in [0.2, 0.25) is 0 Å². The Morgan fingerprint density at radius 2 is 1.80 bits per heavy atom. The zero-order valence-electron chi connectivity index (χ0n) is 11.5. The number of hydrogen-bond acceptors (Lipinski definition) is 2. The molecule has 0 spiro atoms. The van der Waals surface area contributed by atoms with E-state index in [1.54, 1.807) is 7.05 Å². The summed E-state index contributed by atoms with van der Waals surface area (Å²) in [6.45, 7) is 1.09. The van der Waals surface area contributed by atoms with Gasteiger partial charge in [0.25, 0.3) is 5.91 Å². The number of carbonyl (C=O) groups excluding carboxylic acids is 1. The molecule has 0 aliphatic heterocycles. The molecule has 1 rings (SSSR count). The molecule has 3 nitrogen and oxygen atoms in total. The smallest absolute Gasteiger partial charge is 0.340 e. The average molecular weight is 353 g/mol. The maximum atomic E-state index is 12.8. The molecule has 0 unspecified atom stereocenters. The minimum atomic E-state index is -4.49. The van der Waals surface area contributed by atoms with Crippen molar-refractivity contribution in [3.63, 3.8) is 0 Å². The topological polar surface area (TPSA) is 23.6 Å². The molecule has 0 N–H and O–H groups in total. The number of halogens is 4. The van der Waals surface area contributed by atoms with Gasteiger partial charge in [-0.3, -0.25) is 4.79 Å². The number of likely N-dealkylation sites (N-methyl/N-ethyl adjacent to an activating group) is 2. The first-order valence-electron chi connectivity index (χ1n) is 5.90. The molecular weight excluding hydrogens is 337 g/mol. The van der Waals surface area contributed by atoms with E-state index in [2.05, 4.69) is 15.9 Å². The standard InChI is InChI=1S/C13H16BrF3N2O/c1-18(2)6-7-19(3)12(20)9-4-5-11(14)10(8-9)13(15,16)17/h4-5,8H,6-7H2,1-3H3. The van der Waals surface area contributed by atoms with Gasteiger partial charge in [-0.25, -0.2) is 0 Å². The van der Waals surface area contributed by atoms with Crippen molar-refractivity contribution in [1.29, 1.82) is 0 Å². The SMILES string of the molecule is CN(C)CCN(C)C(=O)c1ccc(Br)c(C(F)(F)F)c1. The molecule has 0 aliphatic carbocycles. The number of hydrogen-bond donors (Lipinski definition) is 0. The Hall–Kier alpha value is -1.08. The third-order valence-electron chi connectivity index (χ3n) is 2.75. The van der Waals surface area contributed by atoms with Crippen LogP contribution < -0.4 is 0 Å².